The van der Waals surface area contributed by atoms with Gasteiger partial charge in [-0.05, 0) is 32.8 Å². The van der Waals surface area contributed by atoms with Crippen LogP contribution in [0.1, 0.15) is 70.6 Å². The number of amidine groups is 1. The number of unbranched alkanes of at least 4 members (excludes halogenated alkanes) is 1. The lowest BCUT2D eigenvalue weighted by atomic mass is 10.0. The van der Waals surface area contributed by atoms with Crippen molar-refractivity contribution >= 4 is 35.6 Å². The Kier molecular flexibility index (Phi) is 11.7. The molecule has 3 amide bonds. The lowest BCUT2D eigenvalue weighted by molar-refractivity contribution is -0.142. The summed E-state index contributed by atoms with van der Waals surface area (Å²) in [5.74, 6) is -1.11. The number of esters is 1. The second kappa shape index (κ2) is 14.7. The van der Waals surface area contributed by atoms with Crippen LogP contribution in [-0.4, -0.2) is 67.5 Å². The average molecular weight is 548 g/mol. The number of carbonyl (C=O) groups excluding carboxylic acids is 4. The largest absolute Gasteiger partial charge is 0.467 e. The van der Waals surface area contributed by atoms with Gasteiger partial charge in [-0.3, -0.25) is 4.79 Å². The van der Waals surface area contributed by atoms with Gasteiger partial charge in [-0.2, -0.15) is 4.99 Å². The van der Waals surface area contributed by atoms with E-state index in [0.29, 0.717) is 24.1 Å². The molecule has 0 saturated heterocycles. The molecule has 0 saturated carbocycles. The number of benzene rings is 1. The van der Waals surface area contributed by atoms with Crippen molar-refractivity contribution in [3.63, 3.8) is 0 Å². The third-order valence-electron chi connectivity index (χ3n) is 5.29. The van der Waals surface area contributed by atoms with Crippen LogP contribution in [0.15, 0.2) is 34.4 Å². The number of carbonyl (C=O) groups is 4. The zero-order valence-electron chi connectivity index (χ0n) is 22.9. The monoisotopic (exact) mass is 547 g/mol. The molecule has 1 aliphatic heterocycles. The Morgan fingerprint density at radius 3 is 2.51 bits per heavy atom. The van der Waals surface area contributed by atoms with Crippen molar-refractivity contribution in [1.82, 2.24) is 10.6 Å². The lowest BCUT2D eigenvalue weighted by Crippen LogP contribution is -2.49. The van der Waals surface area contributed by atoms with Crippen LogP contribution in [-0.2, 0) is 28.6 Å². The predicted octanol–water partition coefficient (Wildman–Crippen LogP) is 2.72. The highest BCUT2D eigenvalue weighted by atomic mass is 16.6. The van der Waals surface area contributed by atoms with E-state index in [4.69, 9.17) is 20.0 Å². The summed E-state index contributed by atoms with van der Waals surface area (Å²) in [4.78, 5) is 57.4. The summed E-state index contributed by atoms with van der Waals surface area (Å²) in [5.41, 5.74) is 7.07. The van der Waals surface area contributed by atoms with Crippen molar-refractivity contribution in [3.8, 4) is 0 Å². The number of rotatable bonds is 11. The molecule has 0 aromatic heterocycles. The third-order valence-corrected chi connectivity index (χ3v) is 5.29. The minimum atomic E-state index is -1.10. The van der Waals surface area contributed by atoms with Gasteiger partial charge in [-0.15, -0.1) is 0 Å². The number of alkyl carbamates (subject to hydrolysis) is 1. The highest BCUT2D eigenvalue weighted by molar-refractivity contribution is 6.03. The van der Waals surface area contributed by atoms with Gasteiger partial charge in [0.2, 0.25) is 5.91 Å². The molecule has 2 rings (SSSR count). The summed E-state index contributed by atoms with van der Waals surface area (Å²) < 4.78 is 14.8. The van der Waals surface area contributed by atoms with Gasteiger partial charge in [-0.1, -0.05) is 42.8 Å². The highest BCUT2D eigenvalue weighted by Crippen LogP contribution is 2.28. The molecule has 1 heterocycles. The Morgan fingerprint density at radius 2 is 1.90 bits per heavy atom. The molecule has 1 aliphatic rings. The maximum atomic E-state index is 12.4. The minimum Gasteiger partial charge on any atom is -0.467 e. The molecule has 2 atom stereocenters. The van der Waals surface area contributed by atoms with E-state index in [1.807, 2.05) is 6.92 Å². The number of ether oxygens (including phenoxy) is 3. The molecule has 0 spiro atoms. The fourth-order valence-corrected chi connectivity index (χ4v) is 3.32. The topological polar surface area (TPSA) is 180 Å². The van der Waals surface area contributed by atoms with Crippen LogP contribution in [0.5, 0.6) is 0 Å². The molecule has 4 N–H and O–H groups in total. The van der Waals surface area contributed by atoms with Gasteiger partial charge in [0.05, 0.1) is 25.8 Å². The van der Waals surface area contributed by atoms with E-state index < -0.39 is 41.8 Å². The first-order valence-corrected chi connectivity index (χ1v) is 12.6. The zero-order valence-corrected chi connectivity index (χ0v) is 22.9. The van der Waals surface area contributed by atoms with Gasteiger partial charge < -0.3 is 35.4 Å². The number of hydrogen-bond acceptors (Lipinski definition) is 9. The maximum Gasteiger partial charge on any atom is 0.436 e. The molecule has 1 unspecified atom stereocenters. The van der Waals surface area contributed by atoms with Crippen LogP contribution >= 0.6 is 0 Å². The molecule has 39 heavy (non-hydrogen) atoms. The van der Waals surface area contributed by atoms with Crippen molar-refractivity contribution in [2.75, 3.05) is 20.3 Å². The summed E-state index contributed by atoms with van der Waals surface area (Å²) in [7, 11) is 1.18. The van der Waals surface area contributed by atoms with E-state index in [1.165, 1.54) is 7.11 Å². The number of amides is 3. The van der Waals surface area contributed by atoms with Crippen molar-refractivity contribution < 1.29 is 38.2 Å². The van der Waals surface area contributed by atoms with Crippen LogP contribution in [0.4, 0.5) is 9.59 Å². The first-order chi connectivity index (χ1) is 18.4. The molecule has 13 heteroatoms. The molecule has 0 aliphatic carbocycles. The average Bonchev–Trinajstić information content (AvgIpc) is 3.33. The molecule has 214 valence electrons. The Hall–Kier alpha value is -4.16. The first-order valence-electron chi connectivity index (χ1n) is 12.6. The number of nitrogens with one attached hydrogen (secondary N) is 2. The van der Waals surface area contributed by atoms with E-state index in [2.05, 4.69) is 25.5 Å². The number of hydrogen-bond donors (Lipinski definition) is 3. The number of methoxy groups -OCH3 is 1. The van der Waals surface area contributed by atoms with Gasteiger partial charge in [0.1, 0.15) is 17.5 Å². The molecular weight excluding hydrogens is 510 g/mol. The molecule has 1 aromatic rings. The van der Waals surface area contributed by atoms with E-state index in [9.17, 15) is 19.2 Å². The number of nitrogens with two attached hydrogens (primary N) is 1. The van der Waals surface area contributed by atoms with Crippen molar-refractivity contribution in [1.29, 1.82) is 0 Å². The van der Waals surface area contributed by atoms with Gasteiger partial charge in [0, 0.05) is 18.5 Å². The van der Waals surface area contributed by atoms with Crippen LogP contribution in [0.3, 0.4) is 0 Å². The van der Waals surface area contributed by atoms with Crippen LogP contribution < -0.4 is 16.4 Å². The molecule has 13 nitrogen and oxygen atoms in total. The number of nitrogens with zero attached hydrogens (tertiary/aromatic N) is 2. The lowest BCUT2D eigenvalue weighted by Gasteiger charge is -2.17. The molecule has 0 fully saturated rings. The van der Waals surface area contributed by atoms with E-state index >= 15 is 0 Å². The van der Waals surface area contributed by atoms with E-state index in [1.54, 1.807) is 45.0 Å². The molecule has 0 radical (unpaired) electrons. The Labute approximate surface area is 227 Å². The highest BCUT2D eigenvalue weighted by Gasteiger charge is 2.26. The second-order valence-electron chi connectivity index (χ2n) is 9.75. The Bertz CT molecular complexity index is 1080. The van der Waals surface area contributed by atoms with Crippen LogP contribution in [0.2, 0.25) is 0 Å². The summed E-state index contributed by atoms with van der Waals surface area (Å²) in [6.07, 6.45) is -0.0984. The standard InChI is InChI=1S/C26H37N5O8/c1-6-7-12-37-24(34)29-19(23(33)36-5)15-28-21(32)14-18-13-20(39-31-18)16-8-10-17(11-9-16)22(27)30-25(35)38-26(2,3)4/h8-11,19-20H,6-7,12-15H2,1-5H3,(H,28,32)(H,29,34)(H2,27,30,35)/t19-,20?/m0/s1. The van der Waals surface area contributed by atoms with Gasteiger partial charge in [-0.25, -0.2) is 14.4 Å². The fourth-order valence-electron chi connectivity index (χ4n) is 3.32. The SMILES string of the molecule is CCCCOC(=O)N[C@@H](CNC(=O)CC1=NOC(c2ccc(/C(N)=N\C(=O)OC(C)(C)C)cc2)C1)C(=O)OC. The van der Waals surface area contributed by atoms with E-state index in [-0.39, 0.29) is 25.4 Å². The summed E-state index contributed by atoms with van der Waals surface area (Å²) in [5, 5.41) is 8.98. The molecular formula is C26H37N5O8. The second-order valence-corrected chi connectivity index (χ2v) is 9.75. The summed E-state index contributed by atoms with van der Waals surface area (Å²) >= 11 is 0. The number of aliphatic imine (C=N–C) groups is 1. The van der Waals surface area contributed by atoms with Crippen LogP contribution in [0.25, 0.3) is 0 Å². The van der Waals surface area contributed by atoms with Gasteiger partial charge >= 0.3 is 18.2 Å². The quantitative estimate of drug-likeness (QED) is 0.123. The van der Waals surface area contributed by atoms with Crippen molar-refractivity contribution in [3.05, 3.63) is 35.4 Å². The molecule has 0 bridgehead atoms. The minimum absolute atomic E-state index is 0.0192. The zero-order chi connectivity index (χ0) is 29.0. The summed E-state index contributed by atoms with van der Waals surface area (Å²) in [6, 6.07) is 5.82. The van der Waals surface area contributed by atoms with Gasteiger partial charge in [0.15, 0.2) is 6.10 Å². The summed E-state index contributed by atoms with van der Waals surface area (Å²) in [6.45, 7) is 7.19. The Morgan fingerprint density at radius 1 is 1.21 bits per heavy atom. The smallest absolute Gasteiger partial charge is 0.436 e. The first kappa shape index (κ1) is 31.1. The van der Waals surface area contributed by atoms with Crippen molar-refractivity contribution in [2.45, 2.75) is 71.1 Å². The maximum absolute atomic E-state index is 12.4. The van der Waals surface area contributed by atoms with E-state index in [0.717, 1.165) is 12.0 Å². The van der Waals surface area contributed by atoms with Gasteiger partial charge in [0.25, 0.3) is 0 Å². The third kappa shape index (κ3) is 11.0. The normalized spacial score (nSPS) is 15.9. The van der Waals surface area contributed by atoms with Crippen molar-refractivity contribution in [2.24, 2.45) is 15.9 Å². The molecule has 1 aromatic carbocycles. The predicted molar refractivity (Wildman–Crippen MR) is 142 cm³/mol. The van der Waals surface area contributed by atoms with Crippen LogP contribution in [0, 0.1) is 0 Å². The number of oxime groups is 1. The fraction of sp³-hybridized carbons (Fsp3) is 0.538. The Balaban J connectivity index is 1.85.